The Morgan fingerprint density at radius 2 is 1.89 bits per heavy atom. The predicted molar refractivity (Wildman–Crippen MR) is 101 cm³/mol. The van der Waals surface area contributed by atoms with Crippen LogP contribution in [-0.4, -0.2) is 41.9 Å². The smallest absolute Gasteiger partial charge is 0.272 e. The molecule has 10 heteroatoms. The fourth-order valence-electron chi connectivity index (χ4n) is 2.51. The van der Waals surface area contributed by atoms with Crippen molar-refractivity contribution in [3.8, 4) is 0 Å². The summed E-state index contributed by atoms with van der Waals surface area (Å²) in [6.45, 7) is 5.06. The van der Waals surface area contributed by atoms with Gasteiger partial charge in [0.1, 0.15) is 6.04 Å². The number of carbonyl (C=O) groups excluding carboxylic acids is 2. The van der Waals surface area contributed by atoms with E-state index in [2.05, 4.69) is 20.6 Å². The van der Waals surface area contributed by atoms with E-state index in [0.717, 1.165) is 12.1 Å². The SMILES string of the molecule is CCN(CC)c1ncc(Cl)c(C(=O)NC(C(=O)NC)c2ccc(F)c(F)c2)n1. The second kappa shape index (κ2) is 9.41. The van der Waals surface area contributed by atoms with Crippen LogP contribution in [0.5, 0.6) is 0 Å². The van der Waals surface area contributed by atoms with Gasteiger partial charge in [0.2, 0.25) is 11.9 Å². The number of nitrogens with one attached hydrogen (secondary N) is 2. The maximum absolute atomic E-state index is 13.6. The zero-order valence-electron chi connectivity index (χ0n) is 15.6. The number of likely N-dealkylation sites (N-methyl/N-ethyl adjacent to an activating group) is 1. The van der Waals surface area contributed by atoms with Gasteiger partial charge in [0.25, 0.3) is 5.91 Å². The average molecular weight is 412 g/mol. The number of carbonyl (C=O) groups is 2. The lowest BCUT2D eigenvalue weighted by Crippen LogP contribution is -2.39. The second-order valence-corrected chi connectivity index (χ2v) is 6.14. The zero-order chi connectivity index (χ0) is 20.8. The molecule has 0 spiro atoms. The van der Waals surface area contributed by atoms with E-state index >= 15 is 0 Å². The van der Waals surface area contributed by atoms with E-state index in [9.17, 15) is 18.4 Å². The van der Waals surface area contributed by atoms with E-state index in [0.29, 0.717) is 19.0 Å². The van der Waals surface area contributed by atoms with Crippen molar-refractivity contribution in [2.24, 2.45) is 0 Å². The fraction of sp³-hybridized carbons (Fsp3) is 0.333. The molecule has 0 radical (unpaired) electrons. The number of anilines is 1. The Hall–Kier alpha value is -2.81. The molecule has 0 aliphatic heterocycles. The van der Waals surface area contributed by atoms with E-state index in [1.54, 1.807) is 0 Å². The third-order valence-corrected chi connectivity index (χ3v) is 4.33. The van der Waals surface area contributed by atoms with Gasteiger partial charge >= 0.3 is 0 Å². The highest BCUT2D eigenvalue weighted by Crippen LogP contribution is 2.20. The molecule has 2 aromatic rings. The third kappa shape index (κ3) is 4.72. The first kappa shape index (κ1) is 21.5. The molecule has 0 saturated heterocycles. The molecule has 1 unspecified atom stereocenters. The van der Waals surface area contributed by atoms with Crippen LogP contribution in [-0.2, 0) is 4.79 Å². The molecule has 2 amide bonds. The molecule has 1 aromatic carbocycles. The number of benzene rings is 1. The number of rotatable bonds is 7. The van der Waals surface area contributed by atoms with Crippen molar-refractivity contribution in [1.82, 2.24) is 20.6 Å². The lowest BCUT2D eigenvalue weighted by atomic mass is 10.1. The fourth-order valence-corrected chi connectivity index (χ4v) is 2.69. The summed E-state index contributed by atoms with van der Waals surface area (Å²) in [6, 6.07) is 1.67. The highest BCUT2D eigenvalue weighted by Gasteiger charge is 2.26. The summed E-state index contributed by atoms with van der Waals surface area (Å²) in [5, 5.41) is 4.82. The van der Waals surface area contributed by atoms with Gasteiger partial charge in [0.05, 0.1) is 11.2 Å². The monoisotopic (exact) mass is 411 g/mol. The van der Waals surface area contributed by atoms with Gasteiger partial charge in [-0.2, -0.15) is 0 Å². The van der Waals surface area contributed by atoms with Crippen molar-refractivity contribution >= 4 is 29.4 Å². The van der Waals surface area contributed by atoms with Gasteiger partial charge in [-0.15, -0.1) is 0 Å². The van der Waals surface area contributed by atoms with Crippen LogP contribution in [0, 0.1) is 11.6 Å². The van der Waals surface area contributed by atoms with Crippen molar-refractivity contribution in [2.45, 2.75) is 19.9 Å². The molecular weight excluding hydrogens is 392 g/mol. The van der Waals surface area contributed by atoms with Gasteiger partial charge in [-0.1, -0.05) is 17.7 Å². The third-order valence-electron chi connectivity index (χ3n) is 4.05. The van der Waals surface area contributed by atoms with Gasteiger partial charge in [0.15, 0.2) is 17.3 Å². The molecule has 0 bridgehead atoms. The van der Waals surface area contributed by atoms with Gasteiger partial charge in [-0.25, -0.2) is 18.7 Å². The van der Waals surface area contributed by atoms with E-state index in [1.807, 2.05) is 18.7 Å². The number of halogens is 3. The maximum Gasteiger partial charge on any atom is 0.272 e. The van der Waals surface area contributed by atoms with Crippen molar-refractivity contribution in [3.63, 3.8) is 0 Å². The Labute approximate surface area is 166 Å². The first-order valence-electron chi connectivity index (χ1n) is 8.57. The van der Waals surface area contributed by atoms with Crippen LogP contribution in [0.15, 0.2) is 24.4 Å². The maximum atomic E-state index is 13.6. The second-order valence-electron chi connectivity index (χ2n) is 5.73. The Balaban J connectivity index is 2.37. The van der Waals surface area contributed by atoms with Gasteiger partial charge in [-0.3, -0.25) is 9.59 Å². The van der Waals surface area contributed by atoms with Crippen molar-refractivity contribution in [3.05, 3.63) is 52.3 Å². The molecule has 0 aliphatic rings. The summed E-state index contributed by atoms with van der Waals surface area (Å²) in [6.07, 6.45) is 1.30. The normalized spacial score (nSPS) is 11.6. The molecule has 0 fully saturated rings. The summed E-state index contributed by atoms with van der Waals surface area (Å²) in [5.41, 5.74) is -0.0594. The molecule has 0 saturated carbocycles. The van der Waals surface area contributed by atoms with Crippen LogP contribution in [0.1, 0.15) is 35.9 Å². The molecular formula is C18H20ClF2N5O2. The van der Waals surface area contributed by atoms with Crippen LogP contribution in [0.3, 0.4) is 0 Å². The lowest BCUT2D eigenvalue weighted by molar-refractivity contribution is -0.122. The van der Waals surface area contributed by atoms with Crippen LogP contribution < -0.4 is 15.5 Å². The Morgan fingerprint density at radius 1 is 1.21 bits per heavy atom. The number of amides is 2. The summed E-state index contributed by atoms with van der Waals surface area (Å²) in [4.78, 5) is 35.0. The van der Waals surface area contributed by atoms with Crippen molar-refractivity contribution < 1.29 is 18.4 Å². The van der Waals surface area contributed by atoms with Gasteiger partial charge in [0, 0.05) is 20.1 Å². The van der Waals surface area contributed by atoms with E-state index < -0.39 is 29.5 Å². The zero-order valence-corrected chi connectivity index (χ0v) is 16.3. The summed E-state index contributed by atoms with van der Waals surface area (Å²) < 4.78 is 26.8. The van der Waals surface area contributed by atoms with E-state index in [-0.39, 0.29) is 16.3 Å². The molecule has 150 valence electrons. The minimum Gasteiger partial charge on any atom is -0.357 e. The molecule has 1 heterocycles. The first-order valence-corrected chi connectivity index (χ1v) is 8.95. The van der Waals surface area contributed by atoms with Crippen LogP contribution in [0.2, 0.25) is 5.02 Å². The summed E-state index contributed by atoms with van der Waals surface area (Å²) in [5.74, 6) is -3.26. The average Bonchev–Trinajstić information content (AvgIpc) is 2.69. The Kier molecular flexibility index (Phi) is 7.22. The number of aromatic nitrogens is 2. The highest BCUT2D eigenvalue weighted by atomic mass is 35.5. The molecule has 2 rings (SSSR count). The van der Waals surface area contributed by atoms with E-state index in [1.165, 1.54) is 19.3 Å². The van der Waals surface area contributed by atoms with Crippen molar-refractivity contribution in [1.29, 1.82) is 0 Å². The molecule has 1 aromatic heterocycles. The molecule has 2 N–H and O–H groups in total. The lowest BCUT2D eigenvalue weighted by Gasteiger charge is -2.20. The van der Waals surface area contributed by atoms with E-state index in [4.69, 9.17) is 11.6 Å². The topological polar surface area (TPSA) is 87.2 Å². The number of hydrogen-bond acceptors (Lipinski definition) is 5. The summed E-state index contributed by atoms with van der Waals surface area (Å²) in [7, 11) is 1.36. The van der Waals surface area contributed by atoms with Gasteiger partial charge < -0.3 is 15.5 Å². The van der Waals surface area contributed by atoms with Crippen LogP contribution in [0.25, 0.3) is 0 Å². The van der Waals surface area contributed by atoms with Crippen molar-refractivity contribution in [2.75, 3.05) is 25.0 Å². The quantitative estimate of drug-likeness (QED) is 0.730. The molecule has 1 atom stereocenters. The number of hydrogen-bond donors (Lipinski definition) is 2. The first-order chi connectivity index (χ1) is 13.3. The minimum absolute atomic E-state index is 0.00523. The molecule has 28 heavy (non-hydrogen) atoms. The Bertz CT molecular complexity index is 877. The molecule has 7 nitrogen and oxygen atoms in total. The van der Waals surface area contributed by atoms with Crippen LogP contribution in [0.4, 0.5) is 14.7 Å². The largest absolute Gasteiger partial charge is 0.357 e. The Morgan fingerprint density at radius 3 is 2.46 bits per heavy atom. The van der Waals surface area contributed by atoms with Crippen LogP contribution >= 0.6 is 11.6 Å². The standard InChI is InChI=1S/C18H20ClF2N5O2/c1-4-26(5-2)18-23-9-11(19)15(25-18)17(28)24-14(16(27)22-3)10-6-7-12(20)13(21)8-10/h6-9,14H,4-5H2,1-3H3,(H,22,27)(H,24,28). The van der Waals surface area contributed by atoms with Gasteiger partial charge in [-0.05, 0) is 31.5 Å². The highest BCUT2D eigenvalue weighted by molar-refractivity contribution is 6.33. The predicted octanol–water partition coefficient (Wildman–Crippen LogP) is 2.47. The summed E-state index contributed by atoms with van der Waals surface area (Å²) >= 11 is 6.06. The minimum atomic E-state index is -1.27. The molecule has 0 aliphatic carbocycles. The number of nitrogens with zero attached hydrogens (tertiary/aromatic N) is 3.